The Morgan fingerprint density at radius 3 is 3.00 bits per heavy atom. The van der Waals surface area contributed by atoms with Crippen molar-refractivity contribution in [3.63, 3.8) is 0 Å². The van der Waals surface area contributed by atoms with E-state index in [2.05, 4.69) is 14.7 Å². The highest BCUT2D eigenvalue weighted by Crippen LogP contribution is 2.21. The maximum atomic E-state index is 11.5. The molecule has 2 rings (SSSR count). The average Bonchev–Trinajstić information content (AvgIpc) is 2.77. The number of H-pyrrole nitrogens is 1. The number of ether oxygens (including phenoxy) is 2. The molecule has 0 amide bonds. The van der Waals surface area contributed by atoms with Crippen molar-refractivity contribution < 1.29 is 14.3 Å². The molecule has 0 aliphatic rings. The van der Waals surface area contributed by atoms with Gasteiger partial charge in [0.15, 0.2) is 5.69 Å². The van der Waals surface area contributed by atoms with Gasteiger partial charge in [0.25, 0.3) is 0 Å². The molecule has 1 N–H and O–H groups in total. The van der Waals surface area contributed by atoms with Gasteiger partial charge in [-0.15, -0.1) is 0 Å². The Hall–Kier alpha value is -1.88. The molecule has 0 spiro atoms. The minimum absolute atomic E-state index is 0.302. The predicted octanol–water partition coefficient (Wildman–Crippen LogP) is 1.50. The topological polar surface area (TPSA) is 64.2 Å². The van der Waals surface area contributed by atoms with Crippen LogP contribution in [0, 0.1) is 0 Å². The minimum Gasteiger partial charge on any atom is -0.464 e. The fourth-order valence-electron chi connectivity index (χ4n) is 1.65. The third kappa shape index (κ3) is 1.65. The van der Waals surface area contributed by atoms with Crippen LogP contribution in [0.4, 0.5) is 0 Å². The molecular weight excluding hydrogens is 208 g/mol. The number of methoxy groups -OCH3 is 2. The number of carbonyl (C=O) groups excluding carboxylic acids is 1. The standard InChI is InChI=1S/C11H12N2O3/c1-15-6-8-7-3-4-12-9(7)5-13-10(8)11(14)16-2/h3-5,12H,6H2,1-2H3. The second kappa shape index (κ2) is 4.32. The number of esters is 1. The van der Waals surface area contributed by atoms with E-state index in [1.54, 1.807) is 19.5 Å². The highest BCUT2D eigenvalue weighted by atomic mass is 16.5. The van der Waals surface area contributed by atoms with Gasteiger partial charge in [0, 0.05) is 24.3 Å². The number of hydrogen-bond acceptors (Lipinski definition) is 4. The molecular formula is C11H12N2O3. The van der Waals surface area contributed by atoms with Crippen molar-refractivity contribution >= 4 is 16.9 Å². The Morgan fingerprint density at radius 2 is 2.31 bits per heavy atom. The summed E-state index contributed by atoms with van der Waals surface area (Å²) in [7, 11) is 2.91. The molecule has 2 aromatic rings. The lowest BCUT2D eigenvalue weighted by Crippen LogP contribution is -2.09. The van der Waals surface area contributed by atoms with Crippen molar-refractivity contribution in [2.24, 2.45) is 0 Å². The lowest BCUT2D eigenvalue weighted by Gasteiger charge is -2.07. The first-order valence-electron chi connectivity index (χ1n) is 4.80. The van der Waals surface area contributed by atoms with Crippen LogP contribution in [0.25, 0.3) is 10.9 Å². The largest absolute Gasteiger partial charge is 0.464 e. The first kappa shape index (κ1) is 10.6. The van der Waals surface area contributed by atoms with E-state index in [1.807, 2.05) is 6.07 Å². The summed E-state index contributed by atoms with van der Waals surface area (Å²) in [6.45, 7) is 0.326. The molecule has 0 atom stereocenters. The van der Waals surface area contributed by atoms with E-state index in [0.717, 1.165) is 16.5 Å². The number of carbonyl (C=O) groups is 1. The van der Waals surface area contributed by atoms with Crippen LogP contribution in [0.2, 0.25) is 0 Å². The van der Waals surface area contributed by atoms with Crippen LogP contribution in [0.15, 0.2) is 18.5 Å². The van der Waals surface area contributed by atoms with Crippen molar-refractivity contribution in [1.29, 1.82) is 0 Å². The van der Waals surface area contributed by atoms with Crippen LogP contribution in [0.3, 0.4) is 0 Å². The van der Waals surface area contributed by atoms with Crippen molar-refractivity contribution in [3.05, 3.63) is 29.7 Å². The van der Waals surface area contributed by atoms with Crippen LogP contribution < -0.4 is 0 Å². The van der Waals surface area contributed by atoms with E-state index in [0.29, 0.717) is 12.3 Å². The molecule has 0 aliphatic heterocycles. The zero-order valence-corrected chi connectivity index (χ0v) is 9.11. The van der Waals surface area contributed by atoms with Gasteiger partial charge in [-0.05, 0) is 6.07 Å². The third-order valence-electron chi connectivity index (χ3n) is 2.38. The Morgan fingerprint density at radius 1 is 1.50 bits per heavy atom. The number of hydrogen-bond donors (Lipinski definition) is 1. The highest BCUT2D eigenvalue weighted by molar-refractivity contribution is 5.95. The van der Waals surface area contributed by atoms with Gasteiger partial charge >= 0.3 is 5.97 Å². The summed E-state index contributed by atoms with van der Waals surface area (Å²) in [6.07, 6.45) is 3.41. The number of aromatic nitrogens is 2. The minimum atomic E-state index is -0.449. The molecule has 0 fully saturated rings. The summed E-state index contributed by atoms with van der Waals surface area (Å²) in [5.41, 5.74) is 1.92. The van der Waals surface area contributed by atoms with E-state index in [-0.39, 0.29) is 0 Å². The molecule has 16 heavy (non-hydrogen) atoms. The summed E-state index contributed by atoms with van der Waals surface area (Å²) in [6, 6.07) is 1.89. The van der Waals surface area contributed by atoms with E-state index in [9.17, 15) is 4.79 Å². The zero-order chi connectivity index (χ0) is 11.5. The predicted molar refractivity (Wildman–Crippen MR) is 58.1 cm³/mol. The van der Waals surface area contributed by atoms with E-state index >= 15 is 0 Å². The van der Waals surface area contributed by atoms with Gasteiger partial charge in [0.2, 0.25) is 0 Å². The number of nitrogens with zero attached hydrogens (tertiary/aromatic N) is 1. The second-order valence-corrected chi connectivity index (χ2v) is 3.31. The molecule has 5 heteroatoms. The zero-order valence-electron chi connectivity index (χ0n) is 9.11. The van der Waals surface area contributed by atoms with Crippen molar-refractivity contribution in [2.45, 2.75) is 6.61 Å². The van der Waals surface area contributed by atoms with Crippen LogP contribution >= 0.6 is 0 Å². The molecule has 0 aliphatic carbocycles. The summed E-state index contributed by atoms with van der Waals surface area (Å²) in [4.78, 5) is 18.6. The molecule has 0 bridgehead atoms. The molecule has 2 aromatic heterocycles. The van der Waals surface area contributed by atoms with Gasteiger partial charge in [0.05, 0.1) is 25.4 Å². The van der Waals surface area contributed by atoms with Crippen LogP contribution in [0.5, 0.6) is 0 Å². The lowest BCUT2D eigenvalue weighted by molar-refractivity contribution is 0.0589. The molecule has 0 aromatic carbocycles. The van der Waals surface area contributed by atoms with Gasteiger partial charge in [-0.3, -0.25) is 0 Å². The Balaban J connectivity index is 2.63. The van der Waals surface area contributed by atoms with Crippen molar-refractivity contribution in [2.75, 3.05) is 14.2 Å². The van der Waals surface area contributed by atoms with E-state index in [4.69, 9.17) is 4.74 Å². The third-order valence-corrected chi connectivity index (χ3v) is 2.38. The fraction of sp³-hybridized carbons (Fsp3) is 0.273. The Kier molecular flexibility index (Phi) is 2.87. The second-order valence-electron chi connectivity index (χ2n) is 3.31. The smallest absolute Gasteiger partial charge is 0.357 e. The van der Waals surface area contributed by atoms with Gasteiger partial charge in [-0.1, -0.05) is 0 Å². The first-order chi connectivity index (χ1) is 7.77. The quantitative estimate of drug-likeness (QED) is 0.796. The maximum absolute atomic E-state index is 11.5. The highest BCUT2D eigenvalue weighted by Gasteiger charge is 2.16. The summed E-state index contributed by atoms with van der Waals surface area (Å²) >= 11 is 0. The van der Waals surface area contributed by atoms with E-state index < -0.39 is 5.97 Å². The van der Waals surface area contributed by atoms with Crippen LogP contribution in [-0.4, -0.2) is 30.2 Å². The van der Waals surface area contributed by atoms with Gasteiger partial charge in [-0.25, -0.2) is 9.78 Å². The molecule has 0 saturated heterocycles. The summed E-state index contributed by atoms with van der Waals surface area (Å²) < 4.78 is 9.76. The van der Waals surface area contributed by atoms with Crippen molar-refractivity contribution in [3.8, 4) is 0 Å². The number of nitrogens with one attached hydrogen (secondary N) is 1. The number of pyridine rings is 1. The average molecular weight is 220 g/mol. The fourth-order valence-corrected chi connectivity index (χ4v) is 1.65. The lowest BCUT2D eigenvalue weighted by atomic mass is 10.1. The first-order valence-corrected chi connectivity index (χ1v) is 4.80. The molecule has 0 unspecified atom stereocenters. The SMILES string of the molecule is COCc1c(C(=O)OC)ncc2[nH]ccc12. The number of rotatable bonds is 3. The monoisotopic (exact) mass is 220 g/mol. The van der Waals surface area contributed by atoms with Gasteiger partial charge in [0.1, 0.15) is 0 Å². The maximum Gasteiger partial charge on any atom is 0.357 e. The molecule has 84 valence electrons. The molecule has 0 radical (unpaired) electrons. The summed E-state index contributed by atoms with van der Waals surface area (Å²) in [5, 5.41) is 0.928. The molecule has 0 saturated carbocycles. The number of fused-ring (bicyclic) bond motifs is 1. The summed E-state index contributed by atoms with van der Waals surface area (Å²) in [5.74, 6) is -0.449. The Bertz CT molecular complexity index is 519. The normalized spacial score (nSPS) is 10.6. The van der Waals surface area contributed by atoms with Gasteiger partial charge in [-0.2, -0.15) is 0 Å². The molecule has 5 nitrogen and oxygen atoms in total. The molecule has 2 heterocycles. The van der Waals surface area contributed by atoms with Crippen molar-refractivity contribution in [1.82, 2.24) is 9.97 Å². The Labute approximate surface area is 92.4 Å². The van der Waals surface area contributed by atoms with Crippen LogP contribution in [-0.2, 0) is 16.1 Å². The van der Waals surface area contributed by atoms with Gasteiger partial charge < -0.3 is 14.5 Å². The van der Waals surface area contributed by atoms with E-state index in [1.165, 1.54) is 7.11 Å². The number of aromatic amines is 1. The van der Waals surface area contributed by atoms with Crippen LogP contribution in [0.1, 0.15) is 16.1 Å².